The summed E-state index contributed by atoms with van der Waals surface area (Å²) >= 11 is 3.36. The van der Waals surface area contributed by atoms with Crippen molar-refractivity contribution in [2.75, 3.05) is 5.73 Å². The number of hydrogen-bond acceptors (Lipinski definition) is 2. The monoisotopic (exact) mass is 339 g/mol. The maximum Gasteiger partial charge on any atom is 0.167 e. The molecule has 0 aliphatic heterocycles. The summed E-state index contributed by atoms with van der Waals surface area (Å²) in [5.74, 6) is 0.0899. The van der Waals surface area contributed by atoms with E-state index in [0.717, 1.165) is 20.8 Å². The molecule has 0 heterocycles. The van der Waals surface area contributed by atoms with Crippen molar-refractivity contribution in [3.05, 3.63) is 76.3 Å². The number of rotatable bonds is 3. The average Bonchev–Trinajstić information content (AvgIpc) is 2.50. The number of ketones is 1. The Balaban J connectivity index is 1.94. The van der Waals surface area contributed by atoms with Gasteiger partial charge < -0.3 is 5.73 Å². The Bertz CT molecular complexity index is 821. The number of benzene rings is 3. The van der Waals surface area contributed by atoms with Gasteiger partial charge in [-0.1, -0.05) is 42.5 Å². The van der Waals surface area contributed by atoms with E-state index in [1.807, 2.05) is 24.3 Å². The predicted octanol–water partition coefficient (Wildman–Crippen LogP) is 4.61. The number of hydrogen-bond donors (Lipinski definition) is 1. The van der Waals surface area contributed by atoms with Crippen LogP contribution in [0, 0.1) is 0 Å². The summed E-state index contributed by atoms with van der Waals surface area (Å²) < 4.78 is 0.756. The van der Waals surface area contributed by atoms with Gasteiger partial charge in [-0.2, -0.15) is 0 Å². The van der Waals surface area contributed by atoms with Crippen molar-refractivity contribution < 1.29 is 4.79 Å². The Morgan fingerprint density at radius 3 is 2.57 bits per heavy atom. The number of nitrogens with two attached hydrogens (primary N) is 1. The first-order valence-corrected chi connectivity index (χ1v) is 7.49. The molecule has 0 aliphatic rings. The summed E-state index contributed by atoms with van der Waals surface area (Å²) in [6.45, 7) is 0. The van der Waals surface area contributed by atoms with Crippen LogP contribution in [0.15, 0.2) is 65.1 Å². The highest BCUT2D eigenvalue weighted by Gasteiger charge is 2.10. The van der Waals surface area contributed by atoms with Gasteiger partial charge in [0, 0.05) is 22.1 Å². The number of nitrogen functional groups attached to an aromatic ring is 1. The first-order chi connectivity index (χ1) is 10.1. The molecule has 0 bridgehead atoms. The van der Waals surface area contributed by atoms with E-state index in [2.05, 4.69) is 34.1 Å². The van der Waals surface area contributed by atoms with Crippen LogP contribution in [-0.2, 0) is 6.42 Å². The standard InChI is InChI=1S/C18H14BrNO/c19-16-10-14(8-9-17(16)20)18(21)11-13-6-3-5-12-4-1-2-7-15(12)13/h1-10H,11,20H2. The number of anilines is 1. The summed E-state index contributed by atoms with van der Waals surface area (Å²) in [5, 5.41) is 2.28. The average molecular weight is 340 g/mol. The molecule has 3 aromatic rings. The maximum atomic E-state index is 12.5. The summed E-state index contributed by atoms with van der Waals surface area (Å²) in [5.41, 5.74) is 8.11. The molecule has 0 amide bonds. The van der Waals surface area contributed by atoms with Crippen molar-refractivity contribution in [2.45, 2.75) is 6.42 Å². The van der Waals surface area contributed by atoms with Crippen LogP contribution in [0.2, 0.25) is 0 Å². The molecule has 3 rings (SSSR count). The van der Waals surface area contributed by atoms with Gasteiger partial charge in [-0.3, -0.25) is 4.79 Å². The van der Waals surface area contributed by atoms with Crippen LogP contribution < -0.4 is 5.73 Å². The molecular formula is C18H14BrNO. The van der Waals surface area contributed by atoms with Crippen LogP contribution in [0.4, 0.5) is 5.69 Å². The molecule has 0 unspecified atom stereocenters. The molecule has 0 spiro atoms. The molecular weight excluding hydrogens is 326 g/mol. The fraction of sp³-hybridized carbons (Fsp3) is 0.0556. The number of carbonyl (C=O) groups excluding carboxylic acids is 1. The summed E-state index contributed by atoms with van der Waals surface area (Å²) in [6, 6.07) is 19.5. The normalized spacial score (nSPS) is 10.7. The molecule has 2 N–H and O–H groups in total. The summed E-state index contributed by atoms with van der Waals surface area (Å²) in [6.07, 6.45) is 0.387. The third-order valence-corrected chi connectivity index (χ3v) is 4.24. The quantitative estimate of drug-likeness (QED) is 0.559. The molecule has 21 heavy (non-hydrogen) atoms. The predicted molar refractivity (Wildman–Crippen MR) is 90.5 cm³/mol. The fourth-order valence-corrected chi connectivity index (χ4v) is 2.80. The lowest BCUT2D eigenvalue weighted by Crippen LogP contribution is -2.04. The Kier molecular flexibility index (Phi) is 3.76. The summed E-state index contributed by atoms with van der Waals surface area (Å²) in [7, 11) is 0. The molecule has 0 saturated heterocycles. The van der Waals surface area contributed by atoms with Crippen LogP contribution >= 0.6 is 15.9 Å². The topological polar surface area (TPSA) is 43.1 Å². The van der Waals surface area contributed by atoms with Gasteiger partial charge in [-0.25, -0.2) is 0 Å². The van der Waals surface area contributed by atoms with E-state index in [0.29, 0.717) is 17.7 Å². The highest BCUT2D eigenvalue weighted by atomic mass is 79.9. The van der Waals surface area contributed by atoms with Crippen molar-refractivity contribution in [3.8, 4) is 0 Å². The molecule has 0 atom stereocenters. The highest BCUT2D eigenvalue weighted by molar-refractivity contribution is 9.10. The number of fused-ring (bicyclic) bond motifs is 1. The van der Waals surface area contributed by atoms with E-state index >= 15 is 0 Å². The van der Waals surface area contributed by atoms with Crippen molar-refractivity contribution in [2.24, 2.45) is 0 Å². The Morgan fingerprint density at radius 1 is 1.00 bits per heavy atom. The molecule has 104 valence electrons. The highest BCUT2D eigenvalue weighted by Crippen LogP contribution is 2.23. The van der Waals surface area contributed by atoms with Gasteiger partial charge in [0.2, 0.25) is 0 Å². The lowest BCUT2D eigenvalue weighted by Gasteiger charge is -2.07. The maximum absolute atomic E-state index is 12.5. The minimum absolute atomic E-state index is 0.0899. The van der Waals surface area contributed by atoms with E-state index in [4.69, 9.17) is 5.73 Å². The first-order valence-electron chi connectivity index (χ1n) is 6.70. The molecule has 3 heteroatoms. The second kappa shape index (κ2) is 5.70. The third-order valence-electron chi connectivity index (χ3n) is 3.55. The third kappa shape index (κ3) is 2.83. The SMILES string of the molecule is Nc1ccc(C(=O)Cc2cccc3ccccc23)cc1Br. The molecule has 0 radical (unpaired) electrons. The molecule has 0 fully saturated rings. The second-order valence-corrected chi connectivity index (χ2v) is 5.83. The van der Waals surface area contributed by atoms with Crippen molar-refractivity contribution in [3.63, 3.8) is 0 Å². The van der Waals surface area contributed by atoms with Crippen LogP contribution in [-0.4, -0.2) is 5.78 Å². The molecule has 0 aromatic heterocycles. The minimum Gasteiger partial charge on any atom is -0.398 e. The zero-order chi connectivity index (χ0) is 14.8. The van der Waals surface area contributed by atoms with Gasteiger partial charge in [0.1, 0.15) is 0 Å². The molecule has 0 saturated carbocycles. The van der Waals surface area contributed by atoms with Crippen molar-refractivity contribution in [1.29, 1.82) is 0 Å². The fourth-order valence-electron chi connectivity index (χ4n) is 2.42. The van der Waals surface area contributed by atoms with E-state index in [1.54, 1.807) is 18.2 Å². The largest absolute Gasteiger partial charge is 0.398 e. The minimum atomic E-state index is 0.0899. The van der Waals surface area contributed by atoms with Gasteiger partial charge in [-0.05, 0) is 50.5 Å². The lowest BCUT2D eigenvalue weighted by atomic mass is 9.98. The second-order valence-electron chi connectivity index (χ2n) is 4.97. The van der Waals surface area contributed by atoms with Crippen molar-refractivity contribution >= 4 is 38.2 Å². The molecule has 0 aliphatic carbocycles. The van der Waals surface area contributed by atoms with E-state index in [1.165, 1.54) is 0 Å². The Hall–Kier alpha value is -2.13. The number of carbonyl (C=O) groups is 1. The Labute approximate surface area is 131 Å². The van der Waals surface area contributed by atoms with Crippen LogP contribution in [0.5, 0.6) is 0 Å². The lowest BCUT2D eigenvalue weighted by molar-refractivity contribution is 0.0993. The molecule has 3 aromatic carbocycles. The van der Waals surface area contributed by atoms with E-state index in [-0.39, 0.29) is 5.78 Å². The number of halogens is 1. The van der Waals surface area contributed by atoms with E-state index < -0.39 is 0 Å². The molecule has 2 nitrogen and oxygen atoms in total. The Morgan fingerprint density at radius 2 is 1.76 bits per heavy atom. The zero-order valence-electron chi connectivity index (χ0n) is 11.3. The smallest absolute Gasteiger partial charge is 0.167 e. The van der Waals surface area contributed by atoms with Gasteiger partial charge in [0.15, 0.2) is 5.78 Å². The van der Waals surface area contributed by atoms with Gasteiger partial charge in [0.05, 0.1) is 0 Å². The van der Waals surface area contributed by atoms with Gasteiger partial charge in [0.25, 0.3) is 0 Å². The van der Waals surface area contributed by atoms with Crippen molar-refractivity contribution in [1.82, 2.24) is 0 Å². The van der Waals surface area contributed by atoms with E-state index in [9.17, 15) is 4.79 Å². The van der Waals surface area contributed by atoms with Crippen LogP contribution in [0.25, 0.3) is 10.8 Å². The van der Waals surface area contributed by atoms with Crippen LogP contribution in [0.3, 0.4) is 0 Å². The first kappa shape index (κ1) is 13.8. The van der Waals surface area contributed by atoms with Gasteiger partial charge >= 0.3 is 0 Å². The zero-order valence-corrected chi connectivity index (χ0v) is 12.9. The summed E-state index contributed by atoms with van der Waals surface area (Å²) in [4.78, 5) is 12.5. The van der Waals surface area contributed by atoms with Gasteiger partial charge in [-0.15, -0.1) is 0 Å². The van der Waals surface area contributed by atoms with Crippen LogP contribution in [0.1, 0.15) is 15.9 Å². The number of Topliss-reactive ketones (excluding diaryl/α,β-unsaturated/α-hetero) is 1.